The van der Waals surface area contributed by atoms with Gasteiger partial charge in [0.05, 0.1) is 0 Å². The standard InChI is InChI=1S/C17H38S/c1-14(2)18(9,10)12-11-15(17(6,7)8)13-16(3,4)5/h14-15H,11-13H2,1-10H3. The van der Waals surface area contributed by atoms with E-state index in [1.165, 1.54) is 18.6 Å². The van der Waals surface area contributed by atoms with Gasteiger partial charge in [0.2, 0.25) is 0 Å². The second-order valence-corrected chi connectivity index (χ2v) is 13.6. The monoisotopic (exact) mass is 274 g/mol. The van der Waals surface area contributed by atoms with E-state index < -0.39 is 10.0 Å². The van der Waals surface area contributed by atoms with Gasteiger partial charge in [0.15, 0.2) is 0 Å². The summed E-state index contributed by atoms with van der Waals surface area (Å²) in [7, 11) is -0.409. The Labute approximate surface area is 119 Å². The Morgan fingerprint density at radius 2 is 1.33 bits per heavy atom. The van der Waals surface area contributed by atoms with Crippen LogP contribution in [0.3, 0.4) is 0 Å². The Balaban J connectivity index is 4.64. The third-order valence-electron chi connectivity index (χ3n) is 4.35. The van der Waals surface area contributed by atoms with E-state index in [4.69, 9.17) is 0 Å². The summed E-state index contributed by atoms with van der Waals surface area (Å²) in [4.78, 5) is 0. The van der Waals surface area contributed by atoms with E-state index in [1.54, 1.807) is 0 Å². The molecule has 0 nitrogen and oxygen atoms in total. The molecule has 112 valence electrons. The van der Waals surface area contributed by atoms with E-state index in [0.29, 0.717) is 10.8 Å². The molecule has 0 aromatic heterocycles. The van der Waals surface area contributed by atoms with E-state index in [0.717, 1.165) is 11.2 Å². The molecule has 0 saturated carbocycles. The molecule has 0 aliphatic carbocycles. The van der Waals surface area contributed by atoms with Gasteiger partial charge in [-0.25, -0.2) is 10.0 Å². The smallest absolute Gasteiger partial charge is 0.0173 e. The molecular weight excluding hydrogens is 236 g/mol. The SMILES string of the molecule is CC(C)S(C)(C)CCC(CC(C)(C)C)C(C)(C)C. The normalized spacial score (nSPS) is 17.1. The highest BCUT2D eigenvalue weighted by Gasteiger charge is 2.30. The number of hydrogen-bond acceptors (Lipinski definition) is 0. The lowest BCUT2D eigenvalue weighted by Crippen LogP contribution is -2.28. The van der Waals surface area contributed by atoms with E-state index in [-0.39, 0.29) is 0 Å². The van der Waals surface area contributed by atoms with Crippen LogP contribution in [-0.2, 0) is 0 Å². The van der Waals surface area contributed by atoms with Crippen LogP contribution < -0.4 is 0 Å². The summed E-state index contributed by atoms with van der Waals surface area (Å²) in [6, 6.07) is 0. The van der Waals surface area contributed by atoms with Crippen molar-refractivity contribution in [2.24, 2.45) is 16.7 Å². The highest BCUT2D eigenvalue weighted by atomic mass is 32.3. The van der Waals surface area contributed by atoms with Gasteiger partial charge in [-0.3, -0.25) is 0 Å². The first kappa shape index (κ1) is 18.4. The van der Waals surface area contributed by atoms with E-state index in [2.05, 4.69) is 67.9 Å². The fraction of sp³-hybridized carbons (Fsp3) is 1.00. The van der Waals surface area contributed by atoms with Crippen molar-refractivity contribution < 1.29 is 0 Å². The van der Waals surface area contributed by atoms with Gasteiger partial charge < -0.3 is 0 Å². The Kier molecular flexibility index (Phi) is 6.32. The lowest BCUT2D eigenvalue weighted by Gasteiger charge is -2.41. The average molecular weight is 275 g/mol. The summed E-state index contributed by atoms with van der Waals surface area (Å²) < 4.78 is 0. The zero-order valence-corrected chi connectivity index (χ0v) is 15.5. The molecule has 0 aromatic carbocycles. The summed E-state index contributed by atoms with van der Waals surface area (Å²) in [5, 5.41) is 0.854. The van der Waals surface area contributed by atoms with Gasteiger partial charge in [0.25, 0.3) is 0 Å². The van der Waals surface area contributed by atoms with Crippen molar-refractivity contribution >= 4 is 10.0 Å². The fourth-order valence-electron chi connectivity index (χ4n) is 2.26. The van der Waals surface area contributed by atoms with Crippen molar-refractivity contribution in [1.82, 2.24) is 0 Å². The van der Waals surface area contributed by atoms with Gasteiger partial charge in [0, 0.05) is 0 Å². The quantitative estimate of drug-likeness (QED) is 0.581. The first-order chi connectivity index (χ1) is 7.76. The van der Waals surface area contributed by atoms with Crippen molar-refractivity contribution in [1.29, 1.82) is 0 Å². The minimum atomic E-state index is -0.409. The van der Waals surface area contributed by atoms with Crippen LogP contribution in [-0.4, -0.2) is 23.5 Å². The Morgan fingerprint density at radius 1 is 0.889 bits per heavy atom. The third-order valence-corrected chi connectivity index (χ3v) is 8.19. The molecule has 0 spiro atoms. The first-order valence-corrected chi connectivity index (χ1v) is 10.1. The predicted octanol–water partition coefficient (Wildman–Crippen LogP) is 5.95. The topological polar surface area (TPSA) is 0 Å². The highest BCUT2D eigenvalue weighted by molar-refractivity contribution is 8.33. The average Bonchev–Trinajstić information content (AvgIpc) is 2.08. The lowest BCUT2D eigenvalue weighted by atomic mass is 9.71. The van der Waals surface area contributed by atoms with Crippen molar-refractivity contribution in [2.75, 3.05) is 18.3 Å². The summed E-state index contributed by atoms with van der Waals surface area (Å²) in [6.45, 7) is 19.2. The largest absolute Gasteiger partial charge is 0.244 e. The second kappa shape index (κ2) is 6.20. The highest BCUT2D eigenvalue weighted by Crippen LogP contribution is 2.48. The van der Waals surface area contributed by atoms with Crippen LogP contribution in [0.4, 0.5) is 0 Å². The molecule has 0 bridgehead atoms. The van der Waals surface area contributed by atoms with Crippen LogP contribution >= 0.6 is 10.0 Å². The molecule has 1 atom stereocenters. The maximum Gasteiger partial charge on any atom is -0.0173 e. The van der Waals surface area contributed by atoms with Gasteiger partial charge in [-0.15, -0.1) is 0 Å². The minimum absolute atomic E-state index is 0.409. The minimum Gasteiger partial charge on any atom is -0.244 e. The molecule has 0 rings (SSSR count). The van der Waals surface area contributed by atoms with Crippen LogP contribution in [0.25, 0.3) is 0 Å². The second-order valence-electron chi connectivity index (χ2n) is 8.99. The van der Waals surface area contributed by atoms with Crippen molar-refractivity contribution in [3.8, 4) is 0 Å². The maximum absolute atomic E-state index is 2.51. The Hall–Kier alpha value is 0.350. The van der Waals surface area contributed by atoms with Gasteiger partial charge in [-0.2, -0.15) is 0 Å². The first-order valence-electron chi connectivity index (χ1n) is 7.45. The summed E-state index contributed by atoms with van der Waals surface area (Å²) >= 11 is 0. The predicted molar refractivity (Wildman–Crippen MR) is 91.1 cm³/mol. The maximum atomic E-state index is 2.51. The van der Waals surface area contributed by atoms with Crippen molar-refractivity contribution in [2.45, 2.75) is 73.5 Å². The molecule has 0 heterocycles. The molecule has 0 saturated heterocycles. The van der Waals surface area contributed by atoms with E-state index in [9.17, 15) is 0 Å². The van der Waals surface area contributed by atoms with Crippen LogP contribution in [0.15, 0.2) is 0 Å². The molecular formula is C17H38S. The molecule has 1 unspecified atom stereocenters. The zero-order valence-electron chi connectivity index (χ0n) is 14.7. The van der Waals surface area contributed by atoms with Crippen LogP contribution in [0.2, 0.25) is 0 Å². The molecule has 0 amide bonds. The Bertz CT molecular complexity index is 237. The molecule has 1 heteroatoms. The molecule has 0 fully saturated rings. The summed E-state index contributed by atoms with van der Waals surface area (Å²) in [5.74, 6) is 2.28. The van der Waals surface area contributed by atoms with Gasteiger partial charge >= 0.3 is 0 Å². The van der Waals surface area contributed by atoms with E-state index >= 15 is 0 Å². The molecule has 0 radical (unpaired) electrons. The van der Waals surface area contributed by atoms with Crippen molar-refractivity contribution in [3.05, 3.63) is 0 Å². The summed E-state index contributed by atoms with van der Waals surface area (Å²) in [5.41, 5.74) is 0.898. The van der Waals surface area contributed by atoms with Crippen LogP contribution in [0, 0.1) is 16.7 Å². The van der Waals surface area contributed by atoms with E-state index in [1.807, 2.05) is 0 Å². The van der Waals surface area contributed by atoms with Gasteiger partial charge in [-0.05, 0) is 53.1 Å². The number of rotatable bonds is 5. The van der Waals surface area contributed by atoms with Crippen LogP contribution in [0.1, 0.15) is 68.2 Å². The molecule has 0 aromatic rings. The third kappa shape index (κ3) is 7.07. The van der Waals surface area contributed by atoms with Crippen LogP contribution in [0.5, 0.6) is 0 Å². The Morgan fingerprint density at radius 3 is 1.61 bits per heavy atom. The zero-order chi connectivity index (χ0) is 14.8. The number of hydrogen-bond donors (Lipinski definition) is 0. The molecule has 0 N–H and O–H groups in total. The summed E-state index contributed by atoms with van der Waals surface area (Å²) in [6.07, 6.45) is 7.77. The molecule has 0 aliphatic heterocycles. The fourth-order valence-corrected chi connectivity index (χ4v) is 3.63. The lowest BCUT2D eigenvalue weighted by molar-refractivity contribution is 0.161. The van der Waals surface area contributed by atoms with Gasteiger partial charge in [-0.1, -0.05) is 55.4 Å². The molecule has 18 heavy (non-hydrogen) atoms. The molecule has 0 aliphatic rings. The van der Waals surface area contributed by atoms with Crippen molar-refractivity contribution in [3.63, 3.8) is 0 Å². The van der Waals surface area contributed by atoms with Gasteiger partial charge in [0.1, 0.15) is 0 Å².